The summed E-state index contributed by atoms with van der Waals surface area (Å²) in [7, 11) is 3.10. The topological polar surface area (TPSA) is 65.0 Å². The van der Waals surface area contributed by atoms with E-state index in [9.17, 15) is 4.79 Å². The molecule has 0 aliphatic heterocycles. The Kier molecular flexibility index (Phi) is 5.48. The molecule has 0 amide bonds. The van der Waals surface area contributed by atoms with E-state index in [0.717, 1.165) is 5.56 Å². The van der Waals surface area contributed by atoms with Gasteiger partial charge < -0.3 is 19.3 Å². The van der Waals surface area contributed by atoms with Crippen molar-refractivity contribution in [1.29, 1.82) is 0 Å². The molecule has 0 radical (unpaired) electrons. The van der Waals surface area contributed by atoms with Gasteiger partial charge in [0.1, 0.15) is 5.75 Å². The summed E-state index contributed by atoms with van der Waals surface area (Å²) in [5.41, 5.74) is 0.793. The second-order valence-electron chi connectivity index (χ2n) is 4.19. The van der Waals surface area contributed by atoms with E-state index in [1.807, 2.05) is 6.92 Å². The Bertz CT molecular complexity index is 442. The molecule has 1 unspecified atom stereocenters. The van der Waals surface area contributed by atoms with Crippen molar-refractivity contribution in [2.24, 2.45) is 5.92 Å². The molecule has 1 aromatic rings. The molecule has 0 saturated heterocycles. The van der Waals surface area contributed by atoms with Gasteiger partial charge >= 0.3 is 5.97 Å². The zero-order chi connectivity index (χ0) is 14.4. The Morgan fingerprint density at radius 3 is 2.32 bits per heavy atom. The fourth-order valence-corrected chi connectivity index (χ4v) is 1.78. The smallest absolute Gasteiger partial charge is 0.306 e. The molecule has 0 aliphatic rings. The summed E-state index contributed by atoms with van der Waals surface area (Å²) < 4.78 is 16.0. The fourth-order valence-electron chi connectivity index (χ4n) is 1.78. The van der Waals surface area contributed by atoms with Crippen molar-refractivity contribution in [3.05, 3.63) is 17.7 Å². The van der Waals surface area contributed by atoms with Crippen molar-refractivity contribution in [3.8, 4) is 17.2 Å². The average molecular weight is 268 g/mol. The van der Waals surface area contributed by atoms with Crippen LogP contribution in [0.1, 0.15) is 19.4 Å². The zero-order valence-electron chi connectivity index (χ0n) is 11.7. The number of aliphatic carboxylic acids is 1. The number of benzene rings is 1. The van der Waals surface area contributed by atoms with Gasteiger partial charge in [-0.2, -0.15) is 0 Å². The van der Waals surface area contributed by atoms with Crippen LogP contribution in [0.2, 0.25) is 0 Å². The largest absolute Gasteiger partial charge is 0.496 e. The number of methoxy groups -OCH3 is 2. The number of hydrogen-bond acceptors (Lipinski definition) is 4. The molecule has 0 heterocycles. The predicted octanol–water partition coefficient (Wildman–Crippen LogP) is 2.37. The average Bonchev–Trinajstić information content (AvgIpc) is 2.39. The van der Waals surface area contributed by atoms with Gasteiger partial charge in [-0.05, 0) is 25.0 Å². The summed E-state index contributed by atoms with van der Waals surface area (Å²) in [5, 5.41) is 8.98. The van der Waals surface area contributed by atoms with Gasteiger partial charge in [0.05, 0.1) is 26.7 Å². The number of carboxylic acid groups (broad SMARTS) is 1. The van der Waals surface area contributed by atoms with Crippen LogP contribution in [-0.4, -0.2) is 31.9 Å². The van der Waals surface area contributed by atoms with E-state index in [0.29, 0.717) is 30.3 Å². The number of carboxylic acids is 1. The lowest BCUT2D eigenvalue weighted by Crippen LogP contribution is -2.13. The molecule has 106 valence electrons. The van der Waals surface area contributed by atoms with Gasteiger partial charge in [0.25, 0.3) is 0 Å². The predicted molar refractivity (Wildman–Crippen MR) is 71.2 cm³/mol. The molecule has 0 fully saturated rings. The summed E-state index contributed by atoms with van der Waals surface area (Å²) in [6.07, 6.45) is 0.378. The van der Waals surface area contributed by atoms with Crippen LogP contribution in [0.15, 0.2) is 12.1 Å². The molecule has 0 spiro atoms. The monoisotopic (exact) mass is 268 g/mol. The van der Waals surface area contributed by atoms with Crippen molar-refractivity contribution >= 4 is 5.97 Å². The van der Waals surface area contributed by atoms with Crippen LogP contribution < -0.4 is 14.2 Å². The van der Waals surface area contributed by atoms with Gasteiger partial charge in [0, 0.05) is 6.07 Å². The van der Waals surface area contributed by atoms with Crippen LogP contribution in [0.3, 0.4) is 0 Å². The van der Waals surface area contributed by atoms with Crippen LogP contribution in [-0.2, 0) is 11.2 Å². The SMILES string of the molecule is CCOc1cc(CC(C)C(=O)O)c(OC)cc1OC. The number of rotatable bonds is 7. The highest BCUT2D eigenvalue weighted by Crippen LogP contribution is 2.35. The molecule has 0 aromatic heterocycles. The zero-order valence-corrected chi connectivity index (χ0v) is 11.7. The Balaban J connectivity index is 3.13. The summed E-state index contributed by atoms with van der Waals surface area (Å²) >= 11 is 0. The lowest BCUT2D eigenvalue weighted by Gasteiger charge is -2.16. The normalized spacial score (nSPS) is 11.8. The molecular weight excluding hydrogens is 248 g/mol. The van der Waals surface area contributed by atoms with Crippen molar-refractivity contribution in [1.82, 2.24) is 0 Å². The fraction of sp³-hybridized carbons (Fsp3) is 0.500. The molecule has 5 heteroatoms. The van der Waals surface area contributed by atoms with Gasteiger partial charge in [-0.15, -0.1) is 0 Å². The highest BCUT2D eigenvalue weighted by atomic mass is 16.5. The summed E-state index contributed by atoms with van der Waals surface area (Å²) in [6, 6.07) is 3.50. The molecule has 1 aromatic carbocycles. The van der Waals surface area contributed by atoms with Crippen LogP contribution in [0.5, 0.6) is 17.2 Å². The third kappa shape index (κ3) is 3.77. The van der Waals surface area contributed by atoms with E-state index in [2.05, 4.69) is 0 Å². The number of hydrogen-bond donors (Lipinski definition) is 1. The molecule has 1 atom stereocenters. The number of ether oxygens (including phenoxy) is 3. The molecule has 0 bridgehead atoms. The van der Waals surface area contributed by atoms with E-state index in [1.165, 1.54) is 0 Å². The van der Waals surface area contributed by atoms with Gasteiger partial charge in [-0.3, -0.25) is 4.79 Å². The first kappa shape index (κ1) is 15.1. The van der Waals surface area contributed by atoms with E-state index in [4.69, 9.17) is 19.3 Å². The molecule has 1 N–H and O–H groups in total. The first-order chi connectivity index (χ1) is 9.03. The van der Waals surface area contributed by atoms with Gasteiger partial charge in [0.15, 0.2) is 11.5 Å². The molecule has 0 saturated carbocycles. The van der Waals surface area contributed by atoms with Crippen molar-refractivity contribution in [2.75, 3.05) is 20.8 Å². The van der Waals surface area contributed by atoms with Crippen molar-refractivity contribution in [3.63, 3.8) is 0 Å². The van der Waals surface area contributed by atoms with E-state index in [-0.39, 0.29) is 0 Å². The third-order valence-corrected chi connectivity index (χ3v) is 2.81. The third-order valence-electron chi connectivity index (χ3n) is 2.81. The van der Waals surface area contributed by atoms with Crippen LogP contribution in [0.4, 0.5) is 0 Å². The van der Waals surface area contributed by atoms with Gasteiger partial charge in [0.2, 0.25) is 0 Å². The van der Waals surface area contributed by atoms with Gasteiger partial charge in [-0.25, -0.2) is 0 Å². The van der Waals surface area contributed by atoms with Crippen molar-refractivity contribution in [2.45, 2.75) is 20.3 Å². The molecular formula is C14H20O5. The first-order valence-electron chi connectivity index (χ1n) is 6.13. The maximum atomic E-state index is 10.9. The standard InChI is InChI=1S/C14H20O5/c1-5-19-13-7-10(6-9(2)14(15)16)11(17-3)8-12(13)18-4/h7-9H,5-6H2,1-4H3,(H,15,16). The lowest BCUT2D eigenvalue weighted by atomic mass is 10.00. The molecule has 5 nitrogen and oxygen atoms in total. The minimum Gasteiger partial charge on any atom is -0.496 e. The van der Waals surface area contributed by atoms with Gasteiger partial charge in [-0.1, -0.05) is 6.92 Å². The maximum Gasteiger partial charge on any atom is 0.306 e. The Hall–Kier alpha value is -1.91. The summed E-state index contributed by atoms with van der Waals surface area (Å²) in [6.45, 7) is 4.05. The Morgan fingerprint density at radius 1 is 1.21 bits per heavy atom. The van der Waals surface area contributed by atoms with Crippen LogP contribution in [0, 0.1) is 5.92 Å². The highest BCUT2D eigenvalue weighted by Gasteiger charge is 2.18. The van der Waals surface area contributed by atoms with Crippen LogP contribution >= 0.6 is 0 Å². The number of carbonyl (C=O) groups is 1. The molecule has 0 aliphatic carbocycles. The second kappa shape index (κ2) is 6.87. The lowest BCUT2D eigenvalue weighted by molar-refractivity contribution is -0.141. The van der Waals surface area contributed by atoms with E-state index < -0.39 is 11.9 Å². The summed E-state index contributed by atoms with van der Waals surface area (Å²) in [5.74, 6) is 0.449. The maximum absolute atomic E-state index is 10.9. The molecule has 19 heavy (non-hydrogen) atoms. The Morgan fingerprint density at radius 2 is 1.84 bits per heavy atom. The quantitative estimate of drug-likeness (QED) is 0.822. The highest BCUT2D eigenvalue weighted by molar-refractivity contribution is 5.70. The van der Waals surface area contributed by atoms with E-state index >= 15 is 0 Å². The van der Waals surface area contributed by atoms with E-state index in [1.54, 1.807) is 33.3 Å². The second-order valence-corrected chi connectivity index (χ2v) is 4.19. The molecule has 1 rings (SSSR count). The minimum absolute atomic E-state index is 0.378. The Labute approximate surface area is 113 Å². The van der Waals surface area contributed by atoms with Crippen LogP contribution in [0.25, 0.3) is 0 Å². The first-order valence-corrected chi connectivity index (χ1v) is 6.13. The van der Waals surface area contributed by atoms with Crippen molar-refractivity contribution < 1.29 is 24.1 Å². The minimum atomic E-state index is -0.837. The summed E-state index contributed by atoms with van der Waals surface area (Å²) in [4.78, 5) is 10.9.